The van der Waals surface area contributed by atoms with E-state index in [1.165, 1.54) is 19.3 Å². The summed E-state index contributed by atoms with van der Waals surface area (Å²) in [6, 6.07) is 0. The molecule has 0 heterocycles. The molecule has 0 aromatic carbocycles. The molecule has 0 amide bonds. The van der Waals surface area contributed by atoms with Gasteiger partial charge in [-0.05, 0) is 42.9 Å². The van der Waals surface area contributed by atoms with Gasteiger partial charge in [0.05, 0.1) is 0 Å². The van der Waals surface area contributed by atoms with Crippen molar-refractivity contribution in [3.63, 3.8) is 0 Å². The van der Waals surface area contributed by atoms with E-state index in [0.717, 1.165) is 12.3 Å². The molecule has 2 bridgehead atoms. The Balaban J connectivity index is 2.14. The minimum absolute atomic E-state index is 0.0799. The lowest BCUT2D eigenvalue weighted by molar-refractivity contribution is 0.405. The maximum absolute atomic E-state index is 9.32. The van der Waals surface area contributed by atoms with Crippen molar-refractivity contribution in [2.75, 3.05) is 0 Å². The van der Waals surface area contributed by atoms with E-state index in [0.29, 0.717) is 5.92 Å². The lowest BCUT2D eigenvalue weighted by Crippen LogP contribution is -2.16. The van der Waals surface area contributed by atoms with Crippen LogP contribution in [0.1, 0.15) is 25.7 Å². The molecule has 2 nitrogen and oxygen atoms in total. The summed E-state index contributed by atoms with van der Waals surface area (Å²) in [7, 11) is 0. The third kappa shape index (κ3) is 1.40. The van der Waals surface area contributed by atoms with Crippen molar-refractivity contribution in [1.29, 1.82) is 0 Å². The molecule has 0 saturated heterocycles. The van der Waals surface area contributed by atoms with E-state index in [-0.39, 0.29) is 5.66 Å². The highest BCUT2D eigenvalue weighted by atomic mass is 32.5. The van der Waals surface area contributed by atoms with Gasteiger partial charge >= 0.3 is 0 Å². The number of rotatable bonds is 1. The molecule has 0 spiro atoms. The second kappa shape index (κ2) is 2.53. The van der Waals surface area contributed by atoms with Gasteiger partial charge < -0.3 is 9.79 Å². The molecule has 0 aromatic rings. The zero-order valence-electron chi connectivity index (χ0n) is 6.31. The van der Waals surface area contributed by atoms with Crippen LogP contribution in [0.5, 0.6) is 0 Å². The van der Waals surface area contributed by atoms with E-state index in [9.17, 15) is 9.79 Å². The molecule has 2 fully saturated rings. The van der Waals surface area contributed by atoms with Crippen molar-refractivity contribution in [2.45, 2.75) is 31.3 Å². The van der Waals surface area contributed by atoms with Crippen LogP contribution in [0.2, 0.25) is 0 Å². The van der Waals surface area contributed by atoms with E-state index < -0.39 is 6.49 Å². The van der Waals surface area contributed by atoms with Crippen molar-refractivity contribution >= 4 is 18.3 Å². The van der Waals surface area contributed by atoms with Gasteiger partial charge in [0, 0.05) is 5.66 Å². The molecular weight excluding hydrogens is 179 g/mol. The van der Waals surface area contributed by atoms with E-state index in [1.807, 2.05) is 0 Å². The third-order valence-electron chi connectivity index (χ3n) is 3.13. The monoisotopic (exact) mass is 192 g/mol. The second-order valence-electron chi connectivity index (χ2n) is 3.83. The van der Waals surface area contributed by atoms with Crippen molar-refractivity contribution in [3.8, 4) is 0 Å². The fourth-order valence-corrected chi connectivity index (χ4v) is 4.79. The fourth-order valence-electron chi connectivity index (χ4n) is 2.62. The maximum Gasteiger partial charge on any atom is 0.186 e. The van der Waals surface area contributed by atoms with Crippen LogP contribution in [-0.2, 0) is 11.8 Å². The molecule has 3 atom stereocenters. The molecule has 2 rings (SSSR count). The molecule has 64 valence electrons. The molecule has 3 unspecified atom stereocenters. The lowest BCUT2D eigenvalue weighted by Gasteiger charge is -2.24. The van der Waals surface area contributed by atoms with Gasteiger partial charge in [0.25, 0.3) is 0 Å². The average molecular weight is 192 g/mol. The molecule has 2 aliphatic carbocycles. The van der Waals surface area contributed by atoms with Gasteiger partial charge in [0.15, 0.2) is 6.49 Å². The van der Waals surface area contributed by atoms with E-state index in [1.54, 1.807) is 0 Å². The summed E-state index contributed by atoms with van der Waals surface area (Å²) in [5, 5.41) is 0. The van der Waals surface area contributed by atoms with Crippen molar-refractivity contribution < 1.29 is 9.79 Å². The van der Waals surface area contributed by atoms with Crippen LogP contribution in [0.15, 0.2) is 0 Å². The van der Waals surface area contributed by atoms with Crippen molar-refractivity contribution in [3.05, 3.63) is 0 Å². The van der Waals surface area contributed by atoms with Crippen molar-refractivity contribution in [1.82, 2.24) is 0 Å². The first-order valence-electron chi connectivity index (χ1n) is 4.12. The smallest absolute Gasteiger partial charge is 0.186 e. The standard InChI is InChI=1S/C7H13O2PS/c8-10(9,11)7-4-5-1-2-6(7)3-5/h5-7H,1-4H2,(H2,8,9,11). The molecule has 2 saturated carbocycles. The van der Waals surface area contributed by atoms with Gasteiger partial charge in [-0.3, -0.25) is 0 Å². The average Bonchev–Trinajstić information content (AvgIpc) is 2.42. The number of fused-ring (bicyclic) bond motifs is 2. The first kappa shape index (κ1) is 8.18. The van der Waals surface area contributed by atoms with Crippen LogP contribution >= 0.6 is 6.49 Å². The van der Waals surface area contributed by atoms with Gasteiger partial charge in [-0.2, -0.15) is 0 Å². The highest BCUT2D eigenvalue weighted by Crippen LogP contribution is 2.59. The van der Waals surface area contributed by atoms with Crippen molar-refractivity contribution in [2.24, 2.45) is 11.8 Å². The zero-order chi connectivity index (χ0) is 8.06. The second-order valence-corrected chi connectivity index (χ2v) is 7.29. The summed E-state index contributed by atoms with van der Waals surface area (Å²) < 4.78 is 0. The van der Waals surface area contributed by atoms with E-state index in [2.05, 4.69) is 0 Å². The van der Waals surface area contributed by atoms with Gasteiger partial charge in [-0.15, -0.1) is 0 Å². The van der Waals surface area contributed by atoms with Crippen LogP contribution in [0, 0.1) is 11.8 Å². The van der Waals surface area contributed by atoms with Crippen LogP contribution < -0.4 is 0 Å². The number of hydrogen-bond donors (Lipinski definition) is 2. The summed E-state index contributed by atoms with van der Waals surface area (Å²) in [6.07, 6.45) is 4.64. The highest BCUT2D eigenvalue weighted by Gasteiger charge is 2.45. The minimum atomic E-state index is -2.92. The minimum Gasteiger partial charge on any atom is -0.345 e. The predicted molar refractivity (Wildman–Crippen MR) is 48.0 cm³/mol. The summed E-state index contributed by atoms with van der Waals surface area (Å²) in [4.78, 5) is 18.6. The van der Waals surface area contributed by atoms with Crippen LogP contribution in [0.25, 0.3) is 0 Å². The summed E-state index contributed by atoms with van der Waals surface area (Å²) in [6.45, 7) is -2.92. The molecule has 0 radical (unpaired) electrons. The third-order valence-corrected chi connectivity index (χ3v) is 5.44. The summed E-state index contributed by atoms with van der Waals surface area (Å²) in [5.74, 6) is 1.30. The Morgan fingerprint density at radius 3 is 2.18 bits per heavy atom. The van der Waals surface area contributed by atoms with Crippen LogP contribution in [0.3, 0.4) is 0 Å². The lowest BCUT2D eigenvalue weighted by atomic mass is 10.0. The Kier molecular flexibility index (Phi) is 1.88. The van der Waals surface area contributed by atoms with Gasteiger partial charge in [-0.1, -0.05) is 6.42 Å². The topological polar surface area (TPSA) is 40.5 Å². The molecule has 0 aromatic heterocycles. The number of hydrogen-bond acceptors (Lipinski definition) is 1. The largest absolute Gasteiger partial charge is 0.345 e. The Hall–Kier alpha value is 0.570. The zero-order valence-corrected chi connectivity index (χ0v) is 8.02. The molecule has 11 heavy (non-hydrogen) atoms. The molecule has 4 heteroatoms. The van der Waals surface area contributed by atoms with Gasteiger partial charge in [0.2, 0.25) is 0 Å². The highest BCUT2D eigenvalue weighted by molar-refractivity contribution is 8.09. The van der Waals surface area contributed by atoms with Crippen LogP contribution in [-0.4, -0.2) is 15.4 Å². The molecule has 0 aliphatic heterocycles. The SMILES string of the molecule is OP(O)(=S)C1CC2CCC1C2. The summed E-state index contributed by atoms with van der Waals surface area (Å²) in [5.41, 5.74) is 0.0799. The molecular formula is C7H13O2PS. The first-order valence-corrected chi connectivity index (χ1v) is 6.90. The Morgan fingerprint density at radius 1 is 1.18 bits per heavy atom. The molecule has 2 aliphatic rings. The Labute approximate surface area is 71.8 Å². The van der Waals surface area contributed by atoms with E-state index >= 15 is 0 Å². The Bertz CT molecular complexity index is 212. The maximum atomic E-state index is 9.32. The Morgan fingerprint density at radius 2 is 1.91 bits per heavy atom. The van der Waals surface area contributed by atoms with Gasteiger partial charge in [0.1, 0.15) is 0 Å². The molecule has 2 N–H and O–H groups in total. The predicted octanol–water partition coefficient (Wildman–Crippen LogP) is 1.47. The summed E-state index contributed by atoms with van der Waals surface area (Å²) >= 11 is 4.73. The van der Waals surface area contributed by atoms with Crippen LogP contribution in [0.4, 0.5) is 0 Å². The first-order chi connectivity index (χ1) is 5.07. The fraction of sp³-hybridized carbons (Fsp3) is 1.00. The normalized spacial score (nSPS) is 43.3. The van der Waals surface area contributed by atoms with Gasteiger partial charge in [-0.25, -0.2) is 0 Å². The van der Waals surface area contributed by atoms with E-state index in [4.69, 9.17) is 11.8 Å². The quantitative estimate of drug-likeness (QED) is 0.618.